The molecule has 5 amide bonds. The largest absolute Gasteiger partial charge is 0.483 e. The van der Waals surface area contributed by atoms with Crippen LogP contribution < -0.4 is 36.8 Å². The number of carbonyl (C=O) groups is 5. The lowest BCUT2D eigenvalue weighted by atomic mass is 9.85. The number of carbonyl (C=O) groups excluding carboxylic acids is 5. The molecule has 0 radical (unpaired) electrons. The van der Waals surface area contributed by atoms with Crippen LogP contribution in [-0.2, 0) is 30.6 Å². The number of aliphatic hydroxyl groups excluding tert-OH is 1. The minimum Gasteiger partial charge on any atom is -0.483 e. The van der Waals surface area contributed by atoms with Crippen molar-refractivity contribution in [3.8, 4) is 16.2 Å². The number of unbranched alkanes of at least 4 members (excludes halogenated alkanes) is 2. The molecule has 0 unspecified atom stereocenters. The molecule has 4 aromatic rings. The number of aryl methyl sites for hydroxylation is 1. The van der Waals surface area contributed by atoms with Crippen molar-refractivity contribution in [2.24, 2.45) is 5.41 Å². The zero-order valence-electron chi connectivity index (χ0n) is 39.8. The smallest absolute Gasteiger partial charge is 0.277 e. The van der Waals surface area contributed by atoms with Gasteiger partial charge in [0.05, 0.1) is 45.7 Å². The van der Waals surface area contributed by atoms with Crippen molar-refractivity contribution in [1.82, 2.24) is 36.6 Å². The van der Waals surface area contributed by atoms with Crippen LogP contribution >= 0.6 is 33.9 Å². The van der Waals surface area contributed by atoms with E-state index in [4.69, 9.17) is 9.57 Å². The highest BCUT2D eigenvalue weighted by Gasteiger charge is 2.53. The number of nitrogens with zero attached hydrogens (tertiary/aromatic N) is 2. The summed E-state index contributed by atoms with van der Waals surface area (Å²) in [5.74, 6) is -6.11. The van der Waals surface area contributed by atoms with E-state index in [1.807, 2.05) is 35.6 Å². The van der Waals surface area contributed by atoms with Gasteiger partial charge in [0, 0.05) is 35.2 Å². The summed E-state index contributed by atoms with van der Waals surface area (Å²) in [7, 11) is 0. The number of ether oxygens (including phenoxy) is 1. The summed E-state index contributed by atoms with van der Waals surface area (Å²) in [6.07, 6.45) is 1.96. The van der Waals surface area contributed by atoms with Crippen LogP contribution in [0.4, 0.5) is 28.9 Å². The van der Waals surface area contributed by atoms with Gasteiger partial charge in [0.25, 0.3) is 17.7 Å². The molecule has 1 aliphatic heterocycles. The van der Waals surface area contributed by atoms with E-state index in [2.05, 4.69) is 37.0 Å². The average Bonchev–Trinajstić information content (AvgIpc) is 3.73. The maximum Gasteiger partial charge on any atom is 0.277 e. The summed E-state index contributed by atoms with van der Waals surface area (Å²) in [6, 6.07) is 9.19. The normalized spacial score (nSPS) is 16.5. The first-order valence-electron chi connectivity index (χ1n) is 23.3. The quantitative estimate of drug-likeness (QED) is 0.0174. The first-order chi connectivity index (χ1) is 33.7. The molecule has 384 valence electrons. The van der Waals surface area contributed by atoms with Gasteiger partial charge in [-0.3, -0.25) is 28.8 Å². The highest BCUT2D eigenvalue weighted by molar-refractivity contribution is 14.1. The Labute approximate surface area is 426 Å². The molecule has 2 fully saturated rings. The maximum absolute atomic E-state index is 14.7. The topological polar surface area (TPSA) is 212 Å². The molecule has 1 saturated heterocycles. The van der Waals surface area contributed by atoms with Gasteiger partial charge in [0.15, 0.2) is 23.9 Å². The maximum atomic E-state index is 14.7. The van der Waals surface area contributed by atoms with Crippen LogP contribution in [0.5, 0.6) is 5.75 Å². The van der Waals surface area contributed by atoms with Crippen LogP contribution in [0.2, 0.25) is 0 Å². The number of likely N-dealkylation sites (tertiary alicyclic amines) is 1. The number of thiazole rings is 1. The van der Waals surface area contributed by atoms with Crippen LogP contribution in [0.25, 0.3) is 10.4 Å². The van der Waals surface area contributed by atoms with Crippen molar-refractivity contribution >= 4 is 74.8 Å². The highest BCUT2D eigenvalue weighted by Crippen LogP contribution is 2.41. The third-order valence-electron chi connectivity index (χ3n) is 11.9. The van der Waals surface area contributed by atoms with Gasteiger partial charge in [-0.2, -0.15) is 0 Å². The van der Waals surface area contributed by atoms with Crippen molar-refractivity contribution in [3.05, 3.63) is 91.9 Å². The van der Waals surface area contributed by atoms with Gasteiger partial charge in [-0.1, -0.05) is 39.3 Å². The van der Waals surface area contributed by atoms with E-state index in [9.17, 15) is 46.6 Å². The number of benzene rings is 3. The van der Waals surface area contributed by atoms with Crippen molar-refractivity contribution in [2.45, 2.75) is 103 Å². The van der Waals surface area contributed by atoms with Crippen LogP contribution in [0.15, 0.2) is 54.0 Å². The summed E-state index contributed by atoms with van der Waals surface area (Å²) in [6.45, 7) is 8.35. The minimum atomic E-state index is -2.01. The Morgan fingerprint density at radius 2 is 1.70 bits per heavy atom. The number of anilines is 2. The first kappa shape index (κ1) is 54.9. The number of nitrogens with one attached hydrogen (secondary N) is 6. The van der Waals surface area contributed by atoms with Crippen LogP contribution in [-0.4, -0.2) is 108 Å². The Balaban J connectivity index is 0.906. The molecule has 0 spiro atoms. The molecule has 1 aromatic heterocycles. The van der Waals surface area contributed by atoms with Gasteiger partial charge in [0.1, 0.15) is 23.7 Å². The minimum absolute atomic E-state index is 0.0356. The van der Waals surface area contributed by atoms with Gasteiger partial charge in [0.2, 0.25) is 11.8 Å². The Bertz CT molecular complexity index is 2560. The second-order valence-electron chi connectivity index (χ2n) is 18.6. The van der Waals surface area contributed by atoms with Crippen LogP contribution in [0.3, 0.4) is 0 Å². The molecule has 22 heteroatoms. The fraction of sp³-hybridized carbons (Fsp3) is 0.469. The van der Waals surface area contributed by atoms with E-state index in [1.54, 1.807) is 44.5 Å². The SMILES string of the molecule is Cc1ncsc1-c1ccc(CNC(=O)[C@@H]2C[C@@H](O)CN2C(=O)[C@@H](NC(=O)C2(F)CC2)C(C)(C)C)c(OCC(=O)NCCCCCNCCCONC(=O)c2ccc(F)c(F)c2Nc2ccc(I)cc2F)c1. The molecular weight excluding hydrogens is 1060 g/mol. The lowest BCUT2D eigenvalue weighted by Crippen LogP contribution is -2.59. The van der Waals surface area contributed by atoms with Crippen molar-refractivity contribution in [2.75, 3.05) is 44.7 Å². The second-order valence-corrected chi connectivity index (χ2v) is 20.7. The number of aromatic nitrogens is 1. The second kappa shape index (κ2) is 24.8. The zero-order chi connectivity index (χ0) is 51.5. The van der Waals surface area contributed by atoms with E-state index < -0.39 is 76.0 Å². The summed E-state index contributed by atoms with van der Waals surface area (Å²) < 4.78 is 64.4. The number of alkyl halides is 1. The van der Waals surface area contributed by atoms with E-state index in [0.717, 1.165) is 41.1 Å². The molecule has 1 aliphatic carbocycles. The number of β-amino-alcohol motifs (C(OH)–C–C–N with tert-alkyl or cyclic N) is 1. The van der Waals surface area contributed by atoms with Crippen molar-refractivity contribution in [3.63, 3.8) is 0 Å². The molecule has 7 N–H and O–H groups in total. The molecule has 71 heavy (non-hydrogen) atoms. The fourth-order valence-corrected chi connectivity index (χ4v) is 8.96. The van der Waals surface area contributed by atoms with Gasteiger partial charge < -0.3 is 41.3 Å². The van der Waals surface area contributed by atoms with E-state index in [1.165, 1.54) is 28.4 Å². The number of hydrogen-bond acceptors (Lipinski definition) is 12. The van der Waals surface area contributed by atoms with Gasteiger partial charge >= 0.3 is 0 Å². The predicted octanol–water partition coefficient (Wildman–Crippen LogP) is 6.50. The first-order valence-corrected chi connectivity index (χ1v) is 25.2. The number of rotatable bonds is 24. The highest BCUT2D eigenvalue weighted by atomic mass is 127. The van der Waals surface area contributed by atoms with E-state index in [-0.39, 0.29) is 62.7 Å². The fourth-order valence-electron chi connectivity index (χ4n) is 7.70. The molecule has 2 heterocycles. The lowest BCUT2D eigenvalue weighted by molar-refractivity contribution is -0.145. The van der Waals surface area contributed by atoms with E-state index >= 15 is 0 Å². The third kappa shape index (κ3) is 15.1. The van der Waals surface area contributed by atoms with E-state index in [0.29, 0.717) is 47.4 Å². The molecule has 3 atom stereocenters. The molecule has 2 aliphatic rings. The van der Waals surface area contributed by atoms with Crippen LogP contribution in [0.1, 0.15) is 87.3 Å². The summed E-state index contributed by atoms with van der Waals surface area (Å²) >= 11 is 3.35. The Morgan fingerprint density at radius 1 is 0.958 bits per heavy atom. The molecule has 0 bridgehead atoms. The molecule has 6 rings (SSSR count). The van der Waals surface area contributed by atoms with Gasteiger partial charge in [-0.05, 0) is 122 Å². The predicted molar refractivity (Wildman–Crippen MR) is 267 cm³/mol. The molecule has 16 nitrogen and oxygen atoms in total. The molecular formula is C49H59F4IN8O8S. The summed E-state index contributed by atoms with van der Waals surface area (Å²) in [5, 5.41) is 24.6. The Morgan fingerprint density at radius 3 is 2.41 bits per heavy atom. The van der Waals surface area contributed by atoms with Crippen LogP contribution in [0, 0.1) is 33.4 Å². The summed E-state index contributed by atoms with van der Waals surface area (Å²) in [4.78, 5) is 77.7. The molecule has 1 saturated carbocycles. The number of aliphatic hydroxyl groups is 1. The summed E-state index contributed by atoms with van der Waals surface area (Å²) in [5.41, 5.74) is 2.32. The van der Waals surface area contributed by atoms with Gasteiger partial charge in [-0.15, -0.1) is 11.3 Å². The third-order valence-corrected chi connectivity index (χ3v) is 13.5. The average molecular weight is 1120 g/mol. The van der Waals surface area contributed by atoms with Gasteiger partial charge in [-0.25, -0.2) is 28.0 Å². The van der Waals surface area contributed by atoms with Crippen molar-refractivity contribution in [1.29, 1.82) is 0 Å². The monoisotopic (exact) mass is 1120 g/mol. The Hall–Kier alpha value is -5.43. The number of hydrogen-bond donors (Lipinski definition) is 7. The number of hydroxylamine groups is 1. The Kier molecular flexibility index (Phi) is 19.2. The lowest BCUT2D eigenvalue weighted by Gasteiger charge is -2.35. The number of halogens is 5. The zero-order valence-corrected chi connectivity index (χ0v) is 42.8. The number of amides is 5. The standard InChI is InChI=1S/C49H59F4IN8O8S/c1-28-42(71-27-58-28)29-9-10-30(24-57-45(66)37-23-32(63)25-62(37)46(67)43(48(2,3)4)60-47(68)49(53)15-16-49)38(21-29)69-26-39(64)56-19-7-5-6-17-55-18-8-20-70-61-44(65)33-12-13-34(50)40(52)41(33)59-36-14-11-31(54)22-35(36)51/h9-14,21-22,27,32,37,43,55,59,63H,5-8,15-20,23-26H2,1-4H3,(H,56,64)(H,57,66)(H,60,68)(H,61,65)/t32-,37+,43-/m1/s1. The van der Waals surface area contributed by atoms with Crippen molar-refractivity contribution < 1.29 is 56.2 Å². The molecule has 3 aromatic carbocycles.